The van der Waals surface area contributed by atoms with Gasteiger partial charge in [0.15, 0.2) is 0 Å². The molecule has 4 N–H and O–H groups in total. The highest BCUT2D eigenvalue weighted by molar-refractivity contribution is 5.48. The molecular formula is C26H34O7. The van der Waals surface area contributed by atoms with Crippen LogP contribution < -0.4 is 9.47 Å². The van der Waals surface area contributed by atoms with E-state index in [0.29, 0.717) is 12.2 Å². The minimum absolute atomic E-state index is 0.165. The Bertz CT molecular complexity index is 1020. The van der Waals surface area contributed by atoms with Crippen molar-refractivity contribution in [2.24, 2.45) is 0 Å². The van der Waals surface area contributed by atoms with E-state index in [1.165, 1.54) is 0 Å². The molecule has 4 rings (SSSR count). The van der Waals surface area contributed by atoms with Gasteiger partial charge in [-0.2, -0.15) is 0 Å². The zero-order chi connectivity index (χ0) is 24.1. The molecule has 2 aromatic carbocycles. The van der Waals surface area contributed by atoms with Crippen molar-refractivity contribution in [1.82, 2.24) is 0 Å². The van der Waals surface area contributed by atoms with E-state index in [0.717, 1.165) is 28.0 Å². The van der Waals surface area contributed by atoms with Crippen molar-refractivity contribution in [3.05, 3.63) is 58.7 Å². The molecule has 1 saturated heterocycles. The second-order valence-electron chi connectivity index (χ2n) is 10.2. The van der Waals surface area contributed by atoms with Crippen molar-refractivity contribution in [2.75, 3.05) is 6.61 Å². The SMILES string of the molecule is Cc1ccc2c(c1)OC(C)(c1ccc(C)cc1OC1O[C@H](CO)[C@@H](O)[C@H](O)[C@H]1O)CC2(C)C. The Balaban J connectivity index is 1.72. The summed E-state index contributed by atoms with van der Waals surface area (Å²) in [4.78, 5) is 0. The van der Waals surface area contributed by atoms with Crippen LogP contribution in [0.2, 0.25) is 0 Å². The third-order valence-electron chi connectivity index (χ3n) is 6.78. The standard InChI is InChI=1S/C26H34O7/c1-14-7-9-17(18(10-14)31-24-23(30)22(29)21(28)20(12-27)32-24)26(5)13-25(3,4)16-8-6-15(2)11-19(16)33-26/h6-11,20-24,27-30H,12-13H2,1-5H3/t20-,21-,22+,23-,24?,26?/m1/s1. The first-order valence-corrected chi connectivity index (χ1v) is 11.3. The number of benzene rings is 2. The van der Waals surface area contributed by atoms with Crippen LogP contribution in [0.5, 0.6) is 11.5 Å². The lowest BCUT2D eigenvalue weighted by Crippen LogP contribution is -2.60. The molecule has 180 valence electrons. The number of hydrogen-bond acceptors (Lipinski definition) is 7. The Kier molecular flexibility index (Phi) is 6.22. The molecule has 7 nitrogen and oxygen atoms in total. The summed E-state index contributed by atoms with van der Waals surface area (Å²) in [6.07, 6.45) is -6.07. The van der Waals surface area contributed by atoms with Crippen molar-refractivity contribution >= 4 is 0 Å². The summed E-state index contributed by atoms with van der Waals surface area (Å²) < 4.78 is 18.3. The van der Waals surface area contributed by atoms with E-state index < -0.39 is 42.9 Å². The van der Waals surface area contributed by atoms with Crippen molar-refractivity contribution < 1.29 is 34.6 Å². The predicted molar refractivity (Wildman–Crippen MR) is 122 cm³/mol. The second-order valence-corrected chi connectivity index (χ2v) is 10.2. The molecule has 0 saturated carbocycles. The van der Waals surface area contributed by atoms with Crippen LogP contribution in [0.1, 0.15) is 49.4 Å². The summed E-state index contributed by atoms with van der Waals surface area (Å²) in [6.45, 7) is 9.84. The molecule has 0 spiro atoms. The first-order valence-electron chi connectivity index (χ1n) is 11.3. The normalized spacial score (nSPS) is 33.2. The van der Waals surface area contributed by atoms with Gasteiger partial charge in [-0.3, -0.25) is 0 Å². The number of hydrogen-bond donors (Lipinski definition) is 4. The maximum Gasteiger partial charge on any atom is 0.229 e. The van der Waals surface area contributed by atoms with Gasteiger partial charge in [-0.05, 0) is 55.0 Å². The molecule has 1 fully saturated rings. The number of aliphatic hydroxyl groups is 4. The molecule has 2 unspecified atom stereocenters. The molecule has 2 aromatic rings. The van der Waals surface area contributed by atoms with Gasteiger partial charge in [0.25, 0.3) is 0 Å². The smallest absolute Gasteiger partial charge is 0.229 e. The number of aliphatic hydroxyl groups excluding tert-OH is 4. The van der Waals surface area contributed by atoms with Crippen LogP contribution in [0.25, 0.3) is 0 Å². The topological polar surface area (TPSA) is 109 Å². The molecule has 33 heavy (non-hydrogen) atoms. The van der Waals surface area contributed by atoms with Crippen LogP contribution in [0, 0.1) is 13.8 Å². The van der Waals surface area contributed by atoms with Gasteiger partial charge < -0.3 is 34.6 Å². The molecule has 0 aliphatic carbocycles. The fraction of sp³-hybridized carbons (Fsp3) is 0.538. The quantitative estimate of drug-likeness (QED) is 0.557. The van der Waals surface area contributed by atoms with Crippen LogP contribution in [0.15, 0.2) is 36.4 Å². The number of fused-ring (bicyclic) bond motifs is 1. The monoisotopic (exact) mass is 458 g/mol. The first-order chi connectivity index (χ1) is 15.4. The zero-order valence-corrected chi connectivity index (χ0v) is 19.8. The lowest BCUT2D eigenvalue weighted by Gasteiger charge is -2.45. The Morgan fingerprint density at radius 3 is 2.21 bits per heavy atom. The fourth-order valence-corrected chi connectivity index (χ4v) is 5.09. The van der Waals surface area contributed by atoms with Crippen LogP contribution in [-0.2, 0) is 15.8 Å². The van der Waals surface area contributed by atoms with Crippen molar-refractivity contribution in [3.63, 3.8) is 0 Å². The average molecular weight is 459 g/mol. The van der Waals surface area contributed by atoms with E-state index in [1.54, 1.807) is 0 Å². The third kappa shape index (κ3) is 4.36. The van der Waals surface area contributed by atoms with E-state index in [2.05, 4.69) is 26.0 Å². The summed E-state index contributed by atoms with van der Waals surface area (Å²) >= 11 is 0. The van der Waals surface area contributed by atoms with Gasteiger partial charge in [-0.15, -0.1) is 0 Å². The lowest BCUT2D eigenvalue weighted by atomic mass is 9.71. The van der Waals surface area contributed by atoms with Gasteiger partial charge in [-0.25, -0.2) is 0 Å². The third-order valence-corrected chi connectivity index (χ3v) is 6.78. The van der Waals surface area contributed by atoms with Gasteiger partial charge in [0.2, 0.25) is 6.29 Å². The maximum absolute atomic E-state index is 10.5. The Labute approximate surface area is 194 Å². The fourth-order valence-electron chi connectivity index (χ4n) is 5.09. The van der Waals surface area contributed by atoms with Crippen LogP contribution >= 0.6 is 0 Å². The van der Waals surface area contributed by atoms with E-state index in [-0.39, 0.29) is 5.41 Å². The Hall–Kier alpha value is -2.16. The van der Waals surface area contributed by atoms with Gasteiger partial charge in [0.05, 0.1) is 6.61 Å². The largest absolute Gasteiger partial charge is 0.482 e. The Morgan fingerprint density at radius 1 is 0.909 bits per heavy atom. The van der Waals surface area contributed by atoms with Crippen LogP contribution in [-0.4, -0.2) is 57.7 Å². The summed E-state index contributed by atoms with van der Waals surface area (Å²) in [5, 5.41) is 40.3. The van der Waals surface area contributed by atoms with Gasteiger partial charge in [-0.1, -0.05) is 38.1 Å². The minimum Gasteiger partial charge on any atom is -0.482 e. The van der Waals surface area contributed by atoms with E-state index in [9.17, 15) is 20.4 Å². The first kappa shape index (κ1) is 24.0. The average Bonchev–Trinajstić information content (AvgIpc) is 2.73. The Morgan fingerprint density at radius 2 is 1.55 bits per heavy atom. The van der Waals surface area contributed by atoms with E-state index in [4.69, 9.17) is 14.2 Å². The molecule has 0 radical (unpaired) electrons. The van der Waals surface area contributed by atoms with Crippen molar-refractivity contribution in [2.45, 2.75) is 82.8 Å². The maximum atomic E-state index is 10.5. The highest BCUT2D eigenvalue weighted by atomic mass is 16.7. The van der Waals surface area contributed by atoms with E-state index in [1.807, 2.05) is 45.0 Å². The minimum atomic E-state index is -1.51. The van der Waals surface area contributed by atoms with Crippen molar-refractivity contribution in [3.8, 4) is 11.5 Å². The highest BCUT2D eigenvalue weighted by Crippen LogP contribution is 2.51. The summed E-state index contributed by atoms with van der Waals surface area (Å²) in [5.41, 5.74) is 3.08. The van der Waals surface area contributed by atoms with E-state index >= 15 is 0 Å². The number of rotatable bonds is 4. The van der Waals surface area contributed by atoms with Gasteiger partial charge in [0.1, 0.15) is 41.5 Å². The number of aryl methyl sites for hydroxylation is 2. The highest BCUT2D eigenvalue weighted by Gasteiger charge is 2.47. The molecule has 0 amide bonds. The van der Waals surface area contributed by atoms with Gasteiger partial charge in [0, 0.05) is 12.0 Å². The molecule has 2 aliphatic heterocycles. The summed E-state index contributed by atoms with van der Waals surface area (Å²) in [5.74, 6) is 1.28. The van der Waals surface area contributed by atoms with Crippen LogP contribution in [0.3, 0.4) is 0 Å². The molecule has 6 atom stereocenters. The summed E-state index contributed by atoms with van der Waals surface area (Å²) in [6, 6.07) is 12.0. The molecule has 0 aromatic heterocycles. The molecule has 0 bridgehead atoms. The number of ether oxygens (including phenoxy) is 3. The molecular weight excluding hydrogens is 424 g/mol. The molecule has 2 aliphatic rings. The zero-order valence-electron chi connectivity index (χ0n) is 19.8. The summed E-state index contributed by atoms with van der Waals surface area (Å²) in [7, 11) is 0. The van der Waals surface area contributed by atoms with Crippen molar-refractivity contribution in [1.29, 1.82) is 0 Å². The predicted octanol–water partition coefficient (Wildman–Crippen LogP) is 2.46. The van der Waals surface area contributed by atoms with Gasteiger partial charge >= 0.3 is 0 Å². The molecule has 2 heterocycles. The molecule has 7 heteroatoms. The van der Waals surface area contributed by atoms with Crippen LogP contribution in [0.4, 0.5) is 0 Å². The lowest BCUT2D eigenvalue weighted by molar-refractivity contribution is -0.277. The second kappa shape index (κ2) is 8.56.